The SMILES string of the molecule is CC(C)c1cccc(C(C)C)c1-n1c(-c2[c-]ccc3c2oc2nc4c(ccc5ccccc54)cc23)nc2ccccc21.[2H]C([2H])([2H])c1c[c-]c(-c2[c-]cc([Si](C)(C)C)c(C([2H])([2H])[2H])c2)cc1.[Ir+3]. The van der Waals surface area contributed by atoms with Crippen LogP contribution >= 0.6 is 0 Å². The Bertz CT molecular complexity index is 3430. The maximum atomic E-state index is 7.83. The normalized spacial score (nSPS) is 13.7. The summed E-state index contributed by atoms with van der Waals surface area (Å²) in [5.74, 6) is 1.50. The molecular weight excluding hydrogens is 939 g/mol. The molecule has 0 radical (unpaired) electrons. The van der Waals surface area contributed by atoms with E-state index in [0.29, 0.717) is 34.2 Å². The van der Waals surface area contributed by atoms with Gasteiger partial charge in [0.2, 0.25) is 5.71 Å². The zero-order chi connectivity index (χ0) is 46.9. The van der Waals surface area contributed by atoms with Crippen molar-refractivity contribution in [3.8, 4) is 28.2 Å². The van der Waals surface area contributed by atoms with E-state index in [-0.39, 0.29) is 25.7 Å². The van der Waals surface area contributed by atoms with Crippen LogP contribution in [0.2, 0.25) is 19.6 Å². The smallest absolute Gasteiger partial charge is 0.486 e. The zero-order valence-corrected chi connectivity index (χ0v) is 38.8. The molecule has 3 heterocycles. The van der Waals surface area contributed by atoms with E-state index in [0.717, 1.165) is 60.3 Å². The molecule has 0 spiro atoms. The molecule has 0 bridgehead atoms. The van der Waals surface area contributed by atoms with Gasteiger partial charge in [-0.2, -0.15) is 42.5 Å². The van der Waals surface area contributed by atoms with Crippen LogP contribution in [-0.4, -0.2) is 22.6 Å². The fraction of sp³-hybridized carbons (Fsp3) is 0.200. The second kappa shape index (κ2) is 16.7. The number of imidazole rings is 1. The fourth-order valence-electron chi connectivity index (χ4n) is 8.28. The van der Waals surface area contributed by atoms with E-state index < -0.39 is 21.8 Å². The first-order chi connectivity index (χ1) is 31.3. The van der Waals surface area contributed by atoms with Gasteiger partial charge in [0, 0.05) is 38.1 Å². The first kappa shape index (κ1) is 35.0. The van der Waals surface area contributed by atoms with Crippen molar-refractivity contribution in [2.45, 2.75) is 72.9 Å². The molecule has 0 N–H and O–H groups in total. The molecule has 3 aromatic heterocycles. The quantitative estimate of drug-likeness (QED) is 0.0947. The van der Waals surface area contributed by atoms with Crippen LogP contribution in [0.4, 0.5) is 0 Å². The Morgan fingerprint density at radius 2 is 1.41 bits per heavy atom. The molecule has 0 fully saturated rings. The number of pyridine rings is 1. The predicted octanol–water partition coefficient (Wildman–Crippen LogP) is 14.5. The first-order valence-corrected chi connectivity index (χ1v) is 24.1. The van der Waals surface area contributed by atoms with Gasteiger partial charge in [0.1, 0.15) is 0 Å². The Hall–Kier alpha value is -5.65. The monoisotopic (exact) mass is 995 g/mol. The molecule has 304 valence electrons. The Morgan fingerprint density at radius 1 is 0.672 bits per heavy atom. The van der Waals surface area contributed by atoms with Gasteiger partial charge in [0.05, 0.1) is 28.0 Å². The van der Waals surface area contributed by atoms with Crippen molar-refractivity contribution in [3.63, 3.8) is 0 Å². The average molecular weight is 995 g/mol. The molecule has 0 aliphatic rings. The van der Waals surface area contributed by atoms with Gasteiger partial charge in [0.25, 0.3) is 0 Å². The van der Waals surface area contributed by atoms with E-state index in [4.69, 9.17) is 22.6 Å². The Kier molecular flexibility index (Phi) is 9.56. The third kappa shape index (κ3) is 7.78. The molecule has 0 saturated carbocycles. The molecular formula is C55H50IrN3OSi. The zero-order valence-electron chi connectivity index (χ0n) is 41.4. The maximum Gasteiger partial charge on any atom is 3.00 e. The predicted molar refractivity (Wildman–Crippen MR) is 256 cm³/mol. The van der Waals surface area contributed by atoms with Crippen LogP contribution in [-0.2, 0) is 20.1 Å². The minimum atomic E-state index is -2.20. The molecule has 0 unspecified atom stereocenters. The molecule has 6 heteroatoms. The summed E-state index contributed by atoms with van der Waals surface area (Å²) in [6.45, 7) is 11.0. The topological polar surface area (TPSA) is 43.9 Å². The molecule has 0 saturated heterocycles. The summed E-state index contributed by atoms with van der Waals surface area (Å²) in [6.07, 6.45) is 0. The molecule has 10 rings (SSSR count). The summed E-state index contributed by atoms with van der Waals surface area (Å²) in [7, 11) is -1.82. The van der Waals surface area contributed by atoms with Crippen molar-refractivity contribution in [1.29, 1.82) is 0 Å². The Balaban J connectivity index is 0.000000209. The van der Waals surface area contributed by atoms with Crippen LogP contribution in [0.25, 0.3) is 83.0 Å². The van der Waals surface area contributed by atoms with E-state index in [2.05, 4.69) is 155 Å². The van der Waals surface area contributed by atoms with Gasteiger partial charge in [-0.15, -0.1) is 34.5 Å². The van der Waals surface area contributed by atoms with Gasteiger partial charge >= 0.3 is 20.1 Å². The van der Waals surface area contributed by atoms with Crippen molar-refractivity contribution in [2.24, 2.45) is 0 Å². The molecule has 7 aromatic carbocycles. The third-order valence-electron chi connectivity index (χ3n) is 11.3. The summed E-state index contributed by atoms with van der Waals surface area (Å²) in [6, 6.07) is 51.6. The number of rotatable bonds is 6. The van der Waals surface area contributed by atoms with Gasteiger partial charge in [-0.25, -0.2) is 16.1 Å². The Labute approximate surface area is 382 Å². The van der Waals surface area contributed by atoms with Gasteiger partial charge in [0.15, 0.2) is 0 Å². The standard InChI is InChI=1S/C38H30N3O.C17H20Si.Ir/c1-22(2)26-13-9-14-27(23(3)4)35(26)41-33-18-8-7-17-32(33)39-37(41)30-16-10-15-29-31-21-25-20-19-24-11-5-6-12-28(24)34(25)40-38(31)42-36(29)30;1-13-6-8-15(9-7-13)16-10-11-17(14(2)12-16)18(3,4)5;/h5-15,17-23H,1-4H3;6-8,11-12H,1-5H3;/q-1;-2;+3/i;1D3,2D3;. The van der Waals surface area contributed by atoms with Crippen molar-refractivity contribution in [3.05, 3.63) is 168 Å². The first-order valence-electron chi connectivity index (χ1n) is 23.6. The molecule has 0 aliphatic heterocycles. The molecule has 0 amide bonds. The van der Waals surface area contributed by atoms with Crippen molar-refractivity contribution in [1.82, 2.24) is 14.5 Å². The van der Waals surface area contributed by atoms with Crippen LogP contribution in [0.5, 0.6) is 0 Å². The van der Waals surface area contributed by atoms with E-state index in [1.54, 1.807) is 18.2 Å². The third-order valence-corrected chi connectivity index (χ3v) is 13.4. The number of fused-ring (bicyclic) bond motifs is 7. The summed E-state index contributed by atoms with van der Waals surface area (Å²) in [4.78, 5) is 10.3. The van der Waals surface area contributed by atoms with Gasteiger partial charge < -0.3 is 8.98 Å². The average Bonchev–Trinajstić information content (AvgIpc) is 3.85. The van der Waals surface area contributed by atoms with Gasteiger partial charge in [-0.05, 0) is 46.5 Å². The Morgan fingerprint density at radius 3 is 2.13 bits per heavy atom. The molecule has 10 aromatic rings. The summed E-state index contributed by atoms with van der Waals surface area (Å²) >= 11 is 0. The van der Waals surface area contributed by atoms with E-state index in [9.17, 15) is 0 Å². The van der Waals surface area contributed by atoms with Crippen LogP contribution < -0.4 is 5.19 Å². The minimum absolute atomic E-state index is 0. The van der Waals surface area contributed by atoms with Gasteiger partial charge in [-0.1, -0.05) is 139 Å². The molecule has 0 aliphatic carbocycles. The number of nitrogens with zero attached hydrogens (tertiary/aromatic N) is 3. The summed E-state index contributed by atoms with van der Waals surface area (Å²) in [5, 5.41) is 6.26. The minimum Gasteiger partial charge on any atom is -0.486 e. The number of para-hydroxylation sites is 3. The number of furan rings is 1. The molecule has 61 heavy (non-hydrogen) atoms. The van der Waals surface area contributed by atoms with Crippen LogP contribution in [0.15, 0.2) is 132 Å². The fourth-order valence-corrected chi connectivity index (χ4v) is 9.66. The van der Waals surface area contributed by atoms with Crippen LogP contribution in [0.1, 0.15) is 70.0 Å². The summed E-state index contributed by atoms with van der Waals surface area (Å²) in [5.41, 5.74) is 10.8. The second-order valence-corrected chi connectivity index (χ2v) is 22.2. The van der Waals surface area contributed by atoms with Crippen molar-refractivity contribution in [2.75, 3.05) is 0 Å². The van der Waals surface area contributed by atoms with Gasteiger partial charge in [-0.3, -0.25) is 4.98 Å². The molecule has 4 nitrogen and oxygen atoms in total. The van der Waals surface area contributed by atoms with E-state index in [1.807, 2.05) is 12.1 Å². The summed E-state index contributed by atoms with van der Waals surface area (Å²) < 4.78 is 54.6. The van der Waals surface area contributed by atoms with E-state index in [1.165, 1.54) is 34.3 Å². The number of aromatic nitrogens is 3. The van der Waals surface area contributed by atoms with Crippen LogP contribution in [0, 0.1) is 31.9 Å². The largest absolute Gasteiger partial charge is 3.00 e. The van der Waals surface area contributed by atoms with Crippen LogP contribution in [0.3, 0.4) is 0 Å². The number of benzene rings is 7. The number of hydrogen-bond donors (Lipinski definition) is 0. The maximum absolute atomic E-state index is 7.83. The van der Waals surface area contributed by atoms with E-state index >= 15 is 0 Å². The molecule has 0 atom stereocenters. The second-order valence-electron chi connectivity index (χ2n) is 17.2. The number of hydrogen-bond acceptors (Lipinski definition) is 3. The van der Waals surface area contributed by atoms with Crippen molar-refractivity contribution >= 4 is 68.0 Å². The number of aryl methyl sites for hydroxylation is 2. The van der Waals surface area contributed by atoms with Crippen molar-refractivity contribution < 1.29 is 32.7 Å².